The summed E-state index contributed by atoms with van der Waals surface area (Å²) in [6.07, 6.45) is 2.10. The molecule has 1 amide bonds. The summed E-state index contributed by atoms with van der Waals surface area (Å²) in [6, 6.07) is 24.0. The van der Waals surface area contributed by atoms with Gasteiger partial charge < -0.3 is 19.2 Å². The highest BCUT2D eigenvalue weighted by atomic mass is 32.1. The zero-order valence-corrected chi connectivity index (χ0v) is 33.1. The highest BCUT2D eigenvalue weighted by molar-refractivity contribution is 7.21. The molecule has 286 valence electrons. The Bertz CT molecular complexity index is 2390. The van der Waals surface area contributed by atoms with Crippen LogP contribution < -0.4 is 31.7 Å². The molecule has 0 radical (unpaired) electrons. The number of nitrogens with zero attached hydrogens (tertiary/aromatic N) is 5. The lowest BCUT2D eigenvalue weighted by Crippen LogP contribution is -2.66. The number of carbonyl (C=O) groups is 1. The van der Waals surface area contributed by atoms with Crippen LogP contribution in [0.2, 0.25) is 5.04 Å². The third-order valence-corrected chi connectivity index (χ3v) is 16.5. The highest BCUT2D eigenvalue weighted by Gasteiger charge is 2.50. The van der Waals surface area contributed by atoms with Crippen molar-refractivity contribution in [3.63, 3.8) is 0 Å². The molecule has 12 nitrogen and oxygen atoms in total. The Morgan fingerprint density at radius 3 is 2.20 bits per heavy atom. The molecule has 0 spiro atoms. The third-order valence-electron chi connectivity index (χ3n) is 10.2. The molecule has 15 heteroatoms. The largest absolute Gasteiger partial charge is 0.496 e. The Morgan fingerprint density at radius 2 is 1.62 bits per heavy atom. The molecular formula is C40H43FN6O6SSi. The Labute approximate surface area is 322 Å². The lowest BCUT2D eigenvalue weighted by atomic mass is 10.1. The number of ether oxygens (including phenoxy) is 2. The average molecular weight is 783 g/mol. The van der Waals surface area contributed by atoms with Crippen LogP contribution in [0.25, 0.3) is 15.2 Å². The van der Waals surface area contributed by atoms with Gasteiger partial charge in [-0.05, 0) is 40.5 Å². The molecule has 3 aromatic heterocycles. The fraction of sp³-hybridized carbons (Fsp3) is 0.325. The number of thiophene rings is 1. The van der Waals surface area contributed by atoms with Crippen molar-refractivity contribution < 1.29 is 23.1 Å². The molecule has 0 saturated carbocycles. The molecule has 7 rings (SSSR count). The van der Waals surface area contributed by atoms with Crippen LogP contribution in [0, 0.1) is 12.7 Å². The topological polar surface area (TPSA) is 132 Å². The number of rotatable bonds is 13. The van der Waals surface area contributed by atoms with Gasteiger partial charge in [-0.3, -0.25) is 18.7 Å². The first-order chi connectivity index (χ1) is 26.4. The van der Waals surface area contributed by atoms with Gasteiger partial charge in [0.15, 0.2) is 0 Å². The first-order valence-corrected chi connectivity index (χ1v) is 20.8. The van der Waals surface area contributed by atoms with E-state index in [1.54, 1.807) is 6.92 Å². The van der Waals surface area contributed by atoms with Gasteiger partial charge in [-0.1, -0.05) is 92.8 Å². The van der Waals surface area contributed by atoms with Crippen molar-refractivity contribution in [1.82, 2.24) is 29.4 Å². The van der Waals surface area contributed by atoms with E-state index >= 15 is 4.39 Å². The molecule has 1 N–H and O–H groups in total. The van der Waals surface area contributed by atoms with Gasteiger partial charge in [-0.25, -0.2) is 9.18 Å². The predicted octanol–water partition coefficient (Wildman–Crippen LogP) is 4.66. The van der Waals surface area contributed by atoms with Gasteiger partial charge >= 0.3 is 5.69 Å². The maximum atomic E-state index is 15.0. The van der Waals surface area contributed by atoms with E-state index in [4.69, 9.17) is 13.9 Å². The molecule has 1 aliphatic rings. The summed E-state index contributed by atoms with van der Waals surface area (Å²) < 4.78 is 37.1. The van der Waals surface area contributed by atoms with Gasteiger partial charge in [0, 0.05) is 24.1 Å². The van der Waals surface area contributed by atoms with E-state index in [1.807, 2.05) is 36.4 Å². The summed E-state index contributed by atoms with van der Waals surface area (Å²) in [5.41, 5.74) is -0.164. The van der Waals surface area contributed by atoms with Crippen molar-refractivity contribution >= 4 is 46.2 Å². The standard InChI is InChI=1S/C40H43FN6O6SSi/c1-26-35-36(49)46(28-23-34(48)42-24-28)39(50)45(38(35)54-37(26)47-43-18-19-44-47)25-33(31-22-27(41)16-17-32(31)51-5)52-20-21-53-55(40(2,3)4,29-12-8-6-9-13-29)30-14-10-7-11-15-30/h6-19,22,28,33H,20-21,23-25H2,1-5H3,(H,42,48)/t28?,33-/m0/s1. The first-order valence-electron chi connectivity index (χ1n) is 18.1. The van der Waals surface area contributed by atoms with Crippen molar-refractivity contribution in [1.29, 1.82) is 0 Å². The van der Waals surface area contributed by atoms with Crippen molar-refractivity contribution in [2.45, 2.75) is 57.8 Å². The molecule has 1 fully saturated rings. The second-order valence-electron chi connectivity index (χ2n) is 14.5. The summed E-state index contributed by atoms with van der Waals surface area (Å²) in [7, 11) is -1.43. The minimum atomic E-state index is -2.92. The van der Waals surface area contributed by atoms with E-state index in [0.29, 0.717) is 32.1 Å². The summed E-state index contributed by atoms with van der Waals surface area (Å²) in [6.45, 7) is 8.64. The Morgan fingerprint density at radius 1 is 0.964 bits per heavy atom. The van der Waals surface area contributed by atoms with Crippen LogP contribution in [0.5, 0.6) is 5.75 Å². The molecule has 3 aromatic carbocycles. The number of fused-ring (bicyclic) bond motifs is 1. The lowest BCUT2D eigenvalue weighted by Gasteiger charge is -2.43. The number of methoxy groups -OCH3 is 1. The van der Waals surface area contributed by atoms with Crippen molar-refractivity contribution in [3.05, 3.63) is 129 Å². The number of aryl methyl sites for hydroxylation is 1. The minimum Gasteiger partial charge on any atom is -0.496 e. The number of nitrogens with one attached hydrogen (secondary N) is 1. The zero-order valence-electron chi connectivity index (χ0n) is 31.3. The van der Waals surface area contributed by atoms with Gasteiger partial charge in [0.2, 0.25) is 5.91 Å². The van der Waals surface area contributed by atoms with Crippen LogP contribution in [0.4, 0.5) is 4.39 Å². The van der Waals surface area contributed by atoms with Crippen molar-refractivity contribution in [2.75, 3.05) is 26.9 Å². The number of halogens is 1. The zero-order chi connectivity index (χ0) is 38.9. The van der Waals surface area contributed by atoms with E-state index in [2.05, 4.69) is 60.6 Å². The van der Waals surface area contributed by atoms with Gasteiger partial charge in [0.05, 0.1) is 50.7 Å². The fourth-order valence-electron chi connectivity index (χ4n) is 7.63. The van der Waals surface area contributed by atoms with E-state index in [-0.39, 0.29) is 43.7 Å². The first kappa shape index (κ1) is 38.1. The third kappa shape index (κ3) is 7.08. The summed E-state index contributed by atoms with van der Waals surface area (Å²) in [5, 5.41) is 14.1. The van der Waals surface area contributed by atoms with Crippen molar-refractivity contribution in [2.24, 2.45) is 0 Å². The Hall–Kier alpha value is -5.22. The van der Waals surface area contributed by atoms with Gasteiger partial charge in [0.1, 0.15) is 27.5 Å². The maximum Gasteiger partial charge on any atom is 0.332 e. The van der Waals surface area contributed by atoms with E-state index < -0.39 is 37.5 Å². The number of aromatic nitrogens is 5. The number of carbonyl (C=O) groups excluding carboxylic acids is 1. The Kier molecular flexibility index (Phi) is 10.7. The molecule has 2 atom stereocenters. The molecule has 1 aliphatic heterocycles. The smallest absolute Gasteiger partial charge is 0.332 e. The lowest BCUT2D eigenvalue weighted by molar-refractivity contribution is -0.119. The second-order valence-corrected chi connectivity index (χ2v) is 19.8. The summed E-state index contributed by atoms with van der Waals surface area (Å²) in [5.74, 6) is -0.394. The number of hydrogen-bond acceptors (Lipinski definition) is 9. The maximum absolute atomic E-state index is 15.0. The molecule has 6 aromatic rings. The molecule has 4 heterocycles. The predicted molar refractivity (Wildman–Crippen MR) is 212 cm³/mol. The van der Waals surface area contributed by atoms with E-state index in [9.17, 15) is 14.4 Å². The monoisotopic (exact) mass is 782 g/mol. The quantitative estimate of drug-likeness (QED) is 0.132. The van der Waals surface area contributed by atoms with Crippen LogP contribution >= 0.6 is 11.3 Å². The number of hydrogen-bond donors (Lipinski definition) is 1. The van der Waals surface area contributed by atoms with Crippen LogP contribution in [0.15, 0.2) is 101 Å². The molecule has 55 heavy (non-hydrogen) atoms. The highest BCUT2D eigenvalue weighted by Crippen LogP contribution is 2.38. The van der Waals surface area contributed by atoms with E-state index in [0.717, 1.165) is 14.9 Å². The Balaban J connectivity index is 1.31. The summed E-state index contributed by atoms with van der Waals surface area (Å²) >= 11 is 1.19. The van der Waals surface area contributed by atoms with Gasteiger partial charge in [-0.2, -0.15) is 10.2 Å². The van der Waals surface area contributed by atoms with Crippen LogP contribution in [0.3, 0.4) is 0 Å². The van der Waals surface area contributed by atoms with E-state index in [1.165, 1.54) is 58.4 Å². The SMILES string of the molecule is COc1ccc(F)cc1[C@H](Cn1c(=O)n(C2CNC(=O)C2)c(=O)c2c(C)c(-n3nccn3)sc21)OCCO[Si](c1ccccc1)(c1ccccc1)C(C)(C)C. The van der Waals surface area contributed by atoms with Crippen molar-refractivity contribution in [3.8, 4) is 10.8 Å². The van der Waals surface area contributed by atoms with Gasteiger partial charge in [-0.15, -0.1) is 4.80 Å². The van der Waals surface area contributed by atoms with Crippen LogP contribution in [0.1, 0.15) is 50.5 Å². The average Bonchev–Trinajstić information content (AvgIpc) is 3.94. The number of amides is 1. The molecule has 0 bridgehead atoms. The minimum absolute atomic E-state index is 0.0192. The van der Waals surface area contributed by atoms with Crippen LogP contribution in [-0.2, 0) is 20.5 Å². The molecule has 1 unspecified atom stereocenters. The molecule has 0 aliphatic carbocycles. The number of benzene rings is 3. The second kappa shape index (κ2) is 15.5. The molecule has 1 saturated heterocycles. The molecular weight excluding hydrogens is 740 g/mol. The van der Waals surface area contributed by atoms with Crippen LogP contribution in [-0.4, -0.2) is 65.2 Å². The summed E-state index contributed by atoms with van der Waals surface area (Å²) in [4.78, 5) is 42.8. The normalized spacial score (nSPS) is 15.4. The fourth-order valence-corrected chi connectivity index (χ4v) is 13.4. The van der Waals surface area contributed by atoms with Gasteiger partial charge in [0.25, 0.3) is 13.9 Å².